The van der Waals surface area contributed by atoms with Crippen LogP contribution in [0, 0.1) is 0 Å². The first kappa shape index (κ1) is 44.9. The van der Waals surface area contributed by atoms with E-state index < -0.39 is 96.6 Å². The van der Waals surface area contributed by atoms with Gasteiger partial charge in [0.2, 0.25) is 0 Å². The molecule has 0 radical (unpaired) electrons. The predicted octanol–water partition coefficient (Wildman–Crippen LogP) is 10.4. The molecule has 0 aliphatic carbocycles. The standard InChI is InChI=1S/C16H4F30O/c17-3(13(37,38)39,1-5(19,20)21)7(25,26)9(29,30)11(33,34)15(43,44)47-16(45,46)12(35,36)10(31,32)8(27,28)4(18,14(40,41)42)2-6(22,23)24/h1-2H2. The molecule has 2 atom stereocenters. The van der Waals surface area contributed by atoms with Gasteiger partial charge in [-0.1, -0.05) is 0 Å². The van der Waals surface area contributed by atoms with E-state index in [4.69, 9.17) is 0 Å². The quantitative estimate of drug-likeness (QED) is 0.179. The van der Waals surface area contributed by atoms with Crippen LogP contribution in [0.25, 0.3) is 0 Å². The lowest BCUT2D eigenvalue weighted by atomic mass is 9.85. The van der Waals surface area contributed by atoms with E-state index in [2.05, 4.69) is 0 Å². The molecule has 0 rings (SSSR count). The highest BCUT2D eigenvalue weighted by Crippen LogP contribution is 2.65. The normalized spacial score (nSPS) is 19.0. The molecule has 0 aliphatic rings. The molecule has 1 nitrogen and oxygen atoms in total. The van der Waals surface area contributed by atoms with Crippen molar-refractivity contribution in [2.75, 3.05) is 0 Å². The monoisotopic (exact) mass is 782 g/mol. The molecule has 0 fully saturated rings. The van der Waals surface area contributed by atoms with Gasteiger partial charge in [0.05, 0.1) is 12.8 Å². The van der Waals surface area contributed by atoms with Gasteiger partial charge in [-0.05, 0) is 0 Å². The van der Waals surface area contributed by atoms with E-state index in [1.807, 2.05) is 0 Å². The fourth-order valence-electron chi connectivity index (χ4n) is 2.88. The first-order valence-corrected chi connectivity index (χ1v) is 9.99. The molecule has 0 N–H and O–H groups in total. The van der Waals surface area contributed by atoms with Gasteiger partial charge in [0.1, 0.15) is 0 Å². The summed E-state index contributed by atoms with van der Waals surface area (Å²) in [5, 5.41) is 0. The predicted molar refractivity (Wildman–Crippen MR) is 81.8 cm³/mol. The summed E-state index contributed by atoms with van der Waals surface area (Å²) in [5.41, 5.74) is -16.5. The van der Waals surface area contributed by atoms with Gasteiger partial charge in [-0.15, -0.1) is 0 Å². The van der Waals surface area contributed by atoms with Crippen molar-refractivity contribution < 1.29 is 136 Å². The SMILES string of the molecule is FC(F)(F)CC(F)(C(F)(F)F)C(F)(F)C(F)(F)C(F)(F)C(F)(F)OC(F)(F)C(F)(F)C(F)(F)C(F)(F)C(F)(CC(F)(F)F)C(F)(F)F. The smallest absolute Gasteiger partial charge is 0.245 e. The van der Waals surface area contributed by atoms with E-state index >= 15 is 0 Å². The third-order valence-corrected chi connectivity index (χ3v) is 5.35. The molecule has 0 aromatic rings. The summed E-state index contributed by atoms with van der Waals surface area (Å²) in [5.74, 6) is -55.4. The summed E-state index contributed by atoms with van der Waals surface area (Å²) >= 11 is 0. The third-order valence-electron chi connectivity index (χ3n) is 5.35. The van der Waals surface area contributed by atoms with Crippen molar-refractivity contribution in [1.82, 2.24) is 0 Å². The Morgan fingerprint density at radius 3 is 0.596 bits per heavy atom. The molecule has 0 saturated carbocycles. The van der Waals surface area contributed by atoms with Gasteiger partial charge in [-0.25, -0.2) is 13.5 Å². The topological polar surface area (TPSA) is 9.23 Å². The number of alkyl halides is 30. The fraction of sp³-hybridized carbons (Fsp3) is 1.00. The molecule has 0 spiro atoms. The highest BCUT2D eigenvalue weighted by atomic mass is 19.4. The van der Waals surface area contributed by atoms with Gasteiger partial charge in [0, 0.05) is 0 Å². The van der Waals surface area contributed by atoms with Crippen molar-refractivity contribution in [2.24, 2.45) is 0 Å². The Kier molecular flexibility index (Phi) is 10.7. The van der Waals surface area contributed by atoms with Gasteiger partial charge in [-0.3, -0.25) is 0 Å². The van der Waals surface area contributed by atoms with Crippen LogP contribution in [-0.4, -0.2) is 83.8 Å². The first-order chi connectivity index (χ1) is 19.6. The average molecular weight is 782 g/mol. The molecule has 0 aromatic carbocycles. The zero-order chi connectivity index (χ0) is 39.1. The van der Waals surface area contributed by atoms with Gasteiger partial charge in [0.15, 0.2) is 0 Å². The van der Waals surface area contributed by atoms with Crippen LogP contribution in [0.3, 0.4) is 0 Å². The van der Waals surface area contributed by atoms with Crippen molar-refractivity contribution >= 4 is 0 Å². The molecule has 47 heavy (non-hydrogen) atoms. The van der Waals surface area contributed by atoms with E-state index in [1.54, 1.807) is 0 Å². The Bertz CT molecular complexity index is 1010. The van der Waals surface area contributed by atoms with Crippen molar-refractivity contribution in [2.45, 2.75) is 96.6 Å². The van der Waals surface area contributed by atoms with Crippen LogP contribution in [0.4, 0.5) is 132 Å². The van der Waals surface area contributed by atoms with Gasteiger partial charge < -0.3 is 0 Å². The number of ether oxygens (including phenoxy) is 1. The minimum absolute atomic E-state index is 0.671. The van der Waals surface area contributed by atoms with Crippen molar-refractivity contribution in [3.8, 4) is 0 Å². The second-order valence-electron chi connectivity index (χ2n) is 8.76. The zero-order valence-corrected chi connectivity index (χ0v) is 20.2. The second-order valence-corrected chi connectivity index (χ2v) is 8.76. The third kappa shape index (κ3) is 6.86. The largest absolute Gasteiger partial charge is 0.430 e. The summed E-state index contributed by atoms with van der Waals surface area (Å²) in [4.78, 5) is 0. The number of halogens is 30. The maximum Gasteiger partial charge on any atom is 0.430 e. The number of rotatable bonds is 12. The molecule has 0 saturated heterocycles. The van der Waals surface area contributed by atoms with E-state index in [0.29, 0.717) is 4.74 Å². The zero-order valence-electron chi connectivity index (χ0n) is 20.2. The summed E-state index contributed by atoms with van der Waals surface area (Å²) < 4.78 is 395. The molecular formula is C16H4F30O. The lowest BCUT2D eigenvalue weighted by molar-refractivity contribution is -0.524. The molecule has 0 amide bonds. The Morgan fingerprint density at radius 2 is 0.447 bits per heavy atom. The maximum atomic E-state index is 13.8. The summed E-state index contributed by atoms with van der Waals surface area (Å²) in [7, 11) is 0. The van der Waals surface area contributed by atoms with Crippen LogP contribution in [0.1, 0.15) is 12.8 Å². The number of hydrogen-bond donors (Lipinski definition) is 0. The summed E-state index contributed by atoms with van der Waals surface area (Å²) in [6.07, 6.45) is -59.1. The van der Waals surface area contributed by atoms with E-state index in [9.17, 15) is 132 Å². The molecular weight excluding hydrogens is 778 g/mol. The lowest BCUT2D eigenvalue weighted by Crippen LogP contribution is -2.74. The van der Waals surface area contributed by atoms with Crippen LogP contribution in [0.15, 0.2) is 0 Å². The minimum Gasteiger partial charge on any atom is -0.245 e. The minimum atomic E-state index is -9.33. The fourth-order valence-corrected chi connectivity index (χ4v) is 2.88. The van der Waals surface area contributed by atoms with Crippen LogP contribution >= 0.6 is 0 Å². The molecule has 31 heteroatoms. The second kappa shape index (κ2) is 11.2. The highest BCUT2D eigenvalue weighted by molar-refractivity contribution is 5.15. The first-order valence-electron chi connectivity index (χ1n) is 9.99. The average Bonchev–Trinajstić information content (AvgIpc) is 2.73. The molecule has 284 valence electrons. The summed E-state index contributed by atoms with van der Waals surface area (Å²) in [6, 6.07) is 0. The molecule has 2 unspecified atom stereocenters. The van der Waals surface area contributed by atoms with Crippen molar-refractivity contribution in [3.63, 3.8) is 0 Å². The molecule has 0 aromatic heterocycles. The Morgan fingerprint density at radius 1 is 0.255 bits per heavy atom. The lowest BCUT2D eigenvalue weighted by Gasteiger charge is -2.44. The summed E-state index contributed by atoms with van der Waals surface area (Å²) in [6.45, 7) is 0. The molecule has 0 aliphatic heterocycles. The van der Waals surface area contributed by atoms with Crippen molar-refractivity contribution in [3.05, 3.63) is 0 Å². The van der Waals surface area contributed by atoms with E-state index in [1.165, 1.54) is 0 Å². The Hall–Kier alpha value is -2.14. The Labute approximate surface area is 234 Å². The van der Waals surface area contributed by atoms with Crippen molar-refractivity contribution in [1.29, 1.82) is 0 Å². The van der Waals surface area contributed by atoms with Gasteiger partial charge in [0.25, 0.3) is 11.3 Å². The van der Waals surface area contributed by atoms with Gasteiger partial charge >= 0.3 is 72.5 Å². The van der Waals surface area contributed by atoms with Crippen LogP contribution < -0.4 is 0 Å². The van der Waals surface area contributed by atoms with E-state index in [0.717, 1.165) is 0 Å². The van der Waals surface area contributed by atoms with Gasteiger partial charge in [-0.2, -0.15) is 123 Å². The number of hydrogen-bond acceptors (Lipinski definition) is 1. The van der Waals surface area contributed by atoms with Crippen LogP contribution in [-0.2, 0) is 4.74 Å². The maximum absolute atomic E-state index is 13.8. The van der Waals surface area contributed by atoms with E-state index in [-0.39, 0.29) is 0 Å². The van der Waals surface area contributed by atoms with Crippen LogP contribution in [0.2, 0.25) is 0 Å². The highest BCUT2D eigenvalue weighted by Gasteiger charge is 2.94. The Balaban J connectivity index is 7.31. The molecule has 0 bridgehead atoms. The molecule has 0 heterocycles. The van der Waals surface area contributed by atoms with Crippen LogP contribution in [0.5, 0.6) is 0 Å².